The van der Waals surface area contributed by atoms with E-state index >= 15 is 0 Å². The van der Waals surface area contributed by atoms with Crippen LogP contribution in [-0.4, -0.2) is 54.3 Å². The molecule has 2 heterocycles. The summed E-state index contributed by atoms with van der Waals surface area (Å²) >= 11 is 0. The molecule has 0 unspecified atom stereocenters. The van der Waals surface area contributed by atoms with Gasteiger partial charge < -0.3 is 5.32 Å². The third-order valence-electron chi connectivity index (χ3n) is 4.42. The standard InChI is InChI=1S/C16H28N4O3S/c1-5-20-15(9-14(18-20)12(2)3)16(21)17-10-13-7-6-8-19(11-13)24(4,22)23/h9,12-13H,5-8,10-11H2,1-4H3,(H,17,21)/t13-/m0/s1. The molecule has 1 aromatic rings. The van der Waals surface area contributed by atoms with Crippen LogP contribution in [0.25, 0.3) is 0 Å². The number of hydrogen-bond donors (Lipinski definition) is 1. The summed E-state index contributed by atoms with van der Waals surface area (Å²) in [5.41, 5.74) is 1.47. The zero-order chi connectivity index (χ0) is 17.9. The normalized spacial score (nSPS) is 19.6. The first-order valence-electron chi connectivity index (χ1n) is 8.53. The van der Waals surface area contributed by atoms with E-state index in [4.69, 9.17) is 0 Å². The zero-order valence-electron chi connectivity index (χ0n) is 14.9. The lowest BCUT2D eigenvalue weighted by molar-refractivity contribution is 0.0931. The van der Waals surface area contributed by atoms with Gasteiger partial charge in [-0.1, -0.05) is 13.8 Å². The average molecular weight is 356 g/mol. The van der Waals surface area contributed by atoms with Crippen molar-refractivity contribution in [2.24, 2.45) is 5.92 Å². The summed E-state index contributed by atoms with van der Waals surface area (Å²) in [6.45, 7) is 8.22. The van der Waals surface area contributed by atoms with E-state index in [1.807, 2.05) is 26.8 Å². The molecule has 0 radical (unpaired) electrons. The van der Waals surface area contributed by atoms with Crippen molar-refractivity contribution < 1.29 is 13.2 Å². The highest BCUT2D eigenvalue weighted by Crippen LogP contribution is 2.18. The lowest BCUT2D eigenvalue weighted by Crippen LogP contribution is -2.43. The van der Waals surface area contributed by atoms with Gasteiger partial charge in [0.2, 0.25) is 10.0 Å². The number of aryl methyl sites for hydroxylation is 1. The summed E-state index contributed by atoms with van der Waals surface area (Å²) in [6, 6.07) is 1.84. The van der Waals surface area contributed by atoms with Gasteiger partial charge in [-0.15, -0.1) is 0 Å². The number of aromatic nitrogens is 2. The minimum Gasteiger partial charge on any atom is -0.350 e. The molecule has 0 spiro atoms. The van der Waals surface area contributed by atoms with E-state index in [2.05, 4.69) is 10.4 Å². The highest BCUT2D eigenvalue weighted by Gasteiger charge is 2.26. The summed E-state index contributed by atoms with van der Waals surface area (Å²) in [7, 11) is -3.16. The minimum absolute atomic E-state index is 0.146. The van der Waals surface area contributed by atoms with E-state index < -0.39 is 10.0 Å². The van der Waals surface area contributed by atoms with E-state index in [0.717, 1.165) is 18.5 Å². The van der Waals surface area contributed by atoms with Crippen LogP contribution in [0.4, 0.5) is 0 Å². The van der Waals surface area contributed by atoms with E-state index in [9.17, 15) is 13.2 Å². The fourth-order valence-corrected chi connectivity index (χ4v) is 3.91. The van der Waals surface area contributed by atoms with Crippen molar-refractivity contribution in [3.8, 4) is 0 Å². The Kier molecular flexibility index (Phi) is 6.03. The molecule has 1 N–H and O–H groups in total. The van der Waals surface area contributed by atoms with Crippen molar-refractivity contribution >= 4 is 15.9 Å². The predicted octanol–water partition coefficient (Wildman–Crippen LogP) is 1.43. The lowest BCUT2D eigenvalue weighted by atomic mass is 10.00. The molecule has 1 saturated heterocycles. The monoisotopic (exact) mass is 356 g/mol. The van der Waals surface area contributed by atoms with Crippen LogP contribution in [-0.2, 0) is 16.6 Å². The first-order valence-corrected chi connectivity index (χ1v) is 10.4. The predicted molar refractivity (Wildman–Crippen MR) is 93.5 cm³/mol. The Morgan fingerprint density at radius 3 is 2.75 bits per heavy atom. The van der Waals surface area contributed by atoms with Gasteiger partial charge in [-0.25, -0.2) is 12.7 Å². The fraction of sp³-hybridized carbons (Fsp3) is 0.750. The van der Waals surface area contributed by atoms with Gasteiger partial charge in [0.1, 0.15) is 5.69 Å². The maximum Gasteiger partial charge on any atom is 0.269 e. The van der Waals surface area contributed by atoms with Crippen molar-refractivity contribution in [2.45, 2.75) is 46.1 Å². The second kappa shape index (κ2) is 7.65. The van der Waals surface area contributed by atoms with Gasteiger partial charge in [0, 0.05) is 26.2 Å². The Labute approximate surface area is 144 Å². The highest BCUT2D eigenvalue weighted by atomic mass is 32.2. The average Bonchev–Trinajstić information content (AvgIpc) is 2.97. The Bertz CT molecular complexity index is 681. The third kappa shape index (κ3) is 4.57. The first-order chi connectivity index (χ1) is 11.2. The molecule has 0 bridgehead atoms. The third-order valence-corrected chi connectivity index (χ3v) is 5.69. The number of nitrogens with zero attached hydrogens (tertiary/aromatic N) is 3. The number of nitrogens with one attached hydrogen (secondary N) is 1. The number of carbonyl (C=O) groups excluding carboxylic acids is 1. The quantitative estimate of drug-likeness (QED) is 0.836. The van der Waals surface area contributed by atoms with Gasteiger partial charge in [-0.3, -0.25) is 9.48 Å². The largest absolute Gasteiger partial charge is 0.350 e. The molecule has 1 aromatic heterocycles. The zero-order valence-corrected chi connectivity index (χ0v) is 15.8. The van der Waals surface area contributed by atoms with Crippen LogP contribution in [0.5, 0.6) is 0 Å². The van der Waals surface area contributed by atoms with E-state index in [0.29, 0.717) is 31.9 Å². The maximum atomic E-state index is 12.5. The summed E-state index contributed by atoms with van der Waals surface area (Å²) < 4.78 is 26.6. The van der Waals surface area contributed by atoms with Crippen molar-refractivity contribution in [2.75, 3.05) is 25.9 Å². The summed E-state index contributed by atoms with van der Waals surface area (Å²) in [6.07, 6.45) is 3.00. The molecular weight excluding hydrogens is 328 g/mol. The first kappa shape index (κ1) is 18.9. The van der Waals surface area contributed by atoms with Crippen LogP contribution < -0.4 is 5.32 Å². The SMILES string of the molecule is CCn1nc(C(C)C)cc1C(=O)NC[C@@H]1CCCN(S(C)(=O)=O)C1. The second-order valence-corrected chi connectivity index (χ2v) is 8.75. The smallest absolute Gasteiger partial charge is 0.269 e. The highest BCUT2D eigenvalue weighted by molar-refractivity contribution is 7.88. The molecule has 1 aliphatic heterocycles. The Morgan fingerprint density at radius 2 is 2.17 bits per heavy atom. The molecule has 0 aromatic carbocycles. The van der Waals surface area contributed by atoms with E-state index in [1.54, 1.807) is 4.68 Å². The van der Waals surface area contributed by atoms with Gasteiger partial charge in [-0.05, 0) is 37.7 Å². The number of carbonyl (C=O) groups is 1. The molecule has 1 aliphatic rings. The Balaban J connectivity index is 1.98. The molecule has 8 heteroatoms. The summed E-state index contributed by atoms with van der Waals surface area (Å²) in [5.74, 6) is 0.277. The summed E-state index contributed by atoms with van der Waals surface area (Å²) in [5, 5.41) is 7.40. The van der Waals surface area contributed by atoms with Crippen LogP contribution in [0.3, 0.4) is 0 Å². The lowest BCUT2D eigenvalue weighted by Gasteiger charge is -2.30. The Hall–Kier alpha value is -1.41. The number of piperidine rings is 1. The van der Waals surface area contributed by atoms with Gasteiger partial charge in [0.25, 0.3) is 5.91 Å². The topological polar surface area (TPSA) is 84.3 Å². The molecule has 7 nitrogen and oxygen atoms in total. The van der Waals surface area contributed by atoms with Crippen LogP contribution in [0.15, 0.2) is 6.07 Å². The second-order valence-electron chi connectivity index (χ2n) is 6.76. The Morgan fingerprint density at radius 1 is 1.46 bits per heavy atom. The molecule has 0 saturated carbocycles. The molecule has 136 valence electrons. The molecule has 1 fully saturated rings. The summed E-state index contributed by atoms with van der Waals surface area (Å²) in [4.78, 5) is 12.5. The van der Waals surface area contributed by atoms with Gasteiger partial charge >= 0.3 is 0 Å². The maximum absolute atomic E-state index is 12.5. The van der Waals surface area contributed by atoms with Gasteiger partial charge in [0.15, 0.2) is 0 Å². The van der Waals surface area contributed by atoms with Crippen molar-refractivity contribution in [1.82, 2.24) is 19.4 Å². The van der Waals surface area contributed by atoms with Gasteiger partial charge in [0.05, 0.1) is 11.9 Å². The molecule has 1 atom stereocenters. The van der Waals surface area contributed by atoms with Crippen LogP contribution in [0.2, 0.25) is 0 Å². The van der Waals surface area contributed by atoms with Gasteiger partial charge in [-0.2, -0.15) is 5.10 Å². The van der Waals surface area contributed by atoms with E-state index in [-0.39, 0.29) is 17.7 Å². The van der Waals surface area contributed by atoms with Crippen LogP contribution in [0, 0.1) is 5.92 Å². The van der Waals surface area contributed by atoms with Crippen molar-refractivity contribution in [3.05, 3.63) is 17.5 Å². The molecule has 0 aliphatic carbocycles. The molecule has 1 amide bonds. The van der Waals surface area contributed by atoms with Crippen molar-refractivity contribution in [3.63, 3.8) is 0 Å². The number of amides is 1. The molecule has 2 rings (SSSR count). The number of hydrogen-bond acceptors (Lipinski definition) is 4. The van der Waals surface area contributed by atoms with Crippen molar-refractivity contribution in [1.29, 1.82) is 0 Å². The number of sulfonamides is 1. The van der Waals surface area contributed by atoms with Crippen LogP contribution >= 0.6 is 0 Å². The number of rotatable bonds is 6. The minimum atomic E-state index is -3.16. The fourth-order valence-electron chi connectivity index (χ4n) is 2.96. The molecule has 24 heavy (non-hydrogen) atoms. The van der Waals surface area contributed by atoms with E-state index in [1.165, 1.54) is 10.6 Å². The van der Waals surface area contributed by atoms with Crippen LogP contribution in [0.1, 0.15) is 55.7 Å². The molecular formula is C16H28N4O3S.